The molecule has 23 heavy (non-hydrogen) atoms. The van der Waals surface area contributed by atoms with Gasteiger partial charge in [-0.05, 0) is 25.3 Å². The van der Waals surface area contributed by atoms with E-state index < -0.39 is 17.9 Å². The maximum atomic E-state index is 12.7. The zero-order valence-corrected chi connectivity index (χ0v) is 13.7. The lowest BCUT2D eigenvalue weighted by Gasteiger charge is -2.23. The first-order valence-electron chi connectivity index (χ1n) is 8.08. The predicted octanol–water partition coefficient (Wildman–Crippen LogP) is 2.97. The minimum Gasteiger partial charge on any atom is -0.447 e. The Labute approximate surface area is 136 Å². The highest BCUT2D eigenvalue weighted by atomic mass is 16.6. The van der Waals surface area contributed by atoms with Gasteiger partial charge >= 0.3 is 6.09 Å². The summed E-state index contributed by atoms with van der Waals surface area (Å²) in [5, 5.41) is 0. The van der Waals surface area contributed by atoms with E-state index in [1.54, 1.807) is 0 Å². The third-order valence-corrected chi connectivity index (χ3v) is 4.15. The Kier molecular flexibility index (Phi) is 5.90. The number of imide groups is 1. The Morgan fingerprint density at radius 1 is 1.30 bits per heavy atom. The number of benzene rings is 1. The number of hydrogen-bond acceptors (Lipinski definition) is 4. The molecule has 2 unspecified atom stereocenters. The molecule has 0 radical (unpaired) electrons. The molecule has 1 heterocycles. The quantitative estimate of drug-likeness (QED) is 0.725. The number of carbonyl (C=O) groups is 3. The van der Waals surface area contributed by atoms with Crippen LogP contribution in [0.5, 0.6) is 0 Å². The Balaban J connectivity index is 2.14. The van der Waals surface area contributed by atoms with Crippen LogP contribution in [0.4, 0.5) is 4.79 Å². The van der Waals surface area contributed by atoms with Crippen molar-refractivity contribution in [3.8, 4) is 0 Å². The third-order valence-electron chi connectivity index (χ3n) is 4.15. The van der Waals surface area contributed by atoms with Crippen molar-refractivity contribution in [2.45, 2.75) is 45.6 Å². The molecule has 1 aliphatic rings. The van der Waals surface area contributed by atoms with Crippen LogP contribution in [0, 0.1) is 5.92 Å². The molecule has 0 bridgehead atoms. The molecular weight excluding hydrogens is 294 g/mol. The summed E-state index contributed by atoms with van der Waals surface area (Å²) in [6.07, 6.45) is 2.05. The molecule has 124 valence electrons. The van der Waals surface area contributed by atoms with Crippen molar-refractivity contribution in [1.82, 2.24) is 4.90 Å². The van der Waals surface area contributed by atoms with Gasteiger partial charge in [0.05, 0.1) is 12.0 Å². The number of cyclic esters (lactones) is 1. The molecule has 0 spiro atoms. The van der Waals surface area contributed by atoms with Gasteiger partial charge in [0.1, 0.15) is 12.4 Å². The summed E-state index contributed by atoms with van der Waals surface area (Å²) in [5.74, 6) is -1.37. The van der Waals surface area contributed by atoms with Crippen molar-refractivity contribution >= 4 is 17.8 Å². The molecule has 0 aromatic heterocycles. The lowest BCUT2D eigenvalue weighted by molar-refractivity contribution is -0.139. The second-order valence-corrected chi connectivity index (χ2v) is 5.93. The first-order chi connectivity index (χ1) is 11.0. The lowest BCUT2D eigenvalue weighted by atomic mass is 9.95. The molecule has 2 rings (SSSR count). The number of unbranched alkanes of at least 4 members (excludes halogenated alkanes) is 1. The van der Waals surface area contributed by atoms with Gasteiger partial charge in [-0.15, -0.1) is 0 Å². The molecule has 0 N–H and O–H groups in total. The second kappa shape index (κ2) is 7.90. The predicted molar refractivity (Wildman–Crippen MR) is 85.8 cm³/mol. The van der Waals surface area contributed by atoms with Crippen molar-refractivity contribution in [2.24, 2.45) is 5.92 Å². The molecule has 1 aliphatic heterocycles. The summed E-state index contributed by atoms with van der Waals surface area (Å²) >= 11 is 0. The summed E-state index contributed by atoms with van der Waals surface area (Å²) < 4.78 is 5.06. The fraction of sp³-hybridized carbons (Fsp3) is 0.500. The molecule has 1 fully saturated rings. The van der Waals surface area contributed by atoms with E-state index >= 15 is 0 Å². The van der Waals surface area contributed by atoms with Crippen LogP contribution in [0.15, 0.2) is 30.3 Å². The van der Waals surface area contributed by atoms with E-state index in [0.717, 1.165) is 23.3 Å². The summed E-state index contributed by atoms with van der Waals surface area (Å²) in [6, 6.07) is 9.30. The van der Waals surface area contributed by atoms with Gasteiger partial charge in [-0.2, -0.15) is 0 Å². The molecule has 5 nitrogen and oxygen atoms in total. The molecule has 1 aromatic rings. The van der Waals surface area contributed by atoms with E-state index in [9.17, 15) is 14.4 Å². The third kappa shape index (κ3) is 4.18. The van der Waals surface area contributed by atoms with E-state index in [2.05, 4.69) is 0 Å². The maximum Gasteiger partial charge on any atom is 0.417 e. The number of carbonyl (C=O) groups excluding carboxylic acids is 3. The number of ketones is 1. The molecule has 1 saturated heterocycles. The highest BCUT2D eigenvalue weighted by molar-refractivity contribution is 6.05. The van der Waals surface area contributed by atoms with Crippen LogP contribution in [-0.4, -0.2) is 35.3 Å². The Morgan fingerprint density at radius 3 is 2.61 bits per heavy atom. The molecular formula is C18H23NO4. The van der Waals surface area contributed by atoms with Crippen LogP contribution < -0.4 is 0 Å². The average molecular weight is 317 g/mol. The van der Waals surface area contributed by atoms with E-state index in [-0.39, 0.29) is 18.4 Å². The van der Waals surface area contributed by atoms with E-state index in [1.807, 2.05) is 37.3 Å². The molecule has 0 saturated carbocycles. The first-order valence-corrected chi connectivity index (χ1v) is 8.08. The summed E-state index contributed by atoms with van der Waals surface area (Å²) in [4.78, 5) is 37.7. The van der Waals surface area contributed by atoms with Gasteiger partial charge in [-0.1, -0.05) is 50.1 Å². The summed E-state index contributed by atoms with van der Waals surface area (Å²) in [7, 11) is 0. The highest BCUT2D eigenvalue weighted by Crippen LogP contribution is 2.22. The van der Waals surface area contributed by atoms with Crippen LogP contribution in [-0.2, 0) is 20.7 Å². The minimum atomic E-state index is -0.751. The van der Waals surface area contributed by atoms with E-state index in [4.69, 9.17) is 4.74 Å². The zero-order chi connectivity index (χ0) is 16.8. The summed E-state index contributed by atoms with van der Waals surface area (Å²) in [5.41, 5.74) is 1.03. The van der Waals surface area contributed by atoms with Crippen molar-refractivity contribution in [3.05, 3.63) is 35.9 Å². The van der Waals surface area contributed by atoms with Crippen molar-refractivity contribution in [2.75, 3.05) is 6.61 Å². The summed E-state index contributed by atoms with van der Waals surface area (Å²) in [6.45, 7) is 3.59. The first kappa shape index (κ1) is 17.2. The number of Topliss-reactive ketones (excluding diaryl/α,β-unsaturated/α-hetero) is 1. The Bertz CT molecular complexity index is 570. The standard InChI is InChI=1S/C18H23NO4/c1-3-4-10-16(13(2)20)17(21)19-15(12-23-18(19)22)11-14-8-6-5-7-9-14/h5-9,15-16H,3-4,10-12H2,1-2H3. The lowest BCUT2D eigenvalue weighted by Crippen LogP contribution is -2.45. The van der Waals surface area contributed by atoms with Crippen LogP contribution >= 0.6 is 0 Å². The van der Waals surface area contributed by atoms with Gasteiger partial charge in [0.2, 0.25) is 5.91 Å². The van der Waals surface area contributed by atoms with Gasteiger partial charge in [-0.25, -0.2) is 9.69 Å². The van der Waals surface area contributed by atoms with Gasteiger partial charge in [0.15, 0.2) is 0 Å². The second-order valence-electron chi connectivity index (χ2n) is 5.93. The van der Waals surface area contributed by atoms with E-state index in [1.165, 1.54) is 6.92 Å². The molecule has 2 atom stereocenters. The Morgan fingerprint density at radius 2 is 2.00 bits per heavy atom. The van der Waals surface area contributed by atoms with Crippen molar-refractivity contribution in [3.63, 3.8) is 0 Å². The molecule has 5 heteroatoms. The van der Waals surface area contributed by atoms with Crippen LogP contribution in [0.1, 0.15) is 38.7 Å². The Hall–Kier alpha value is -2.17. The maximum absolute atomic E-state index is 12.7. The molecule has 0 aliphatic carbocycles. The number of hydrogen-bond donors (Lipinski definition) is 0. The fourth-order valence-corrected chi connectivity index (χ4v) is 2.84. The van der Waals surface area contributed by atoms with Crippen molar-refractivity contribution < 1.29 is 19.1 Å². The average Bonchev–Trinajstić information content (AvgIpc) is 2.88. The van der Waals surface area contributed by atoms with Gasteiger partial charge in [-0.3, -0.25) is 9.59 Å². The highest BCUT2D eigenvalue weighted by Gasteiger charge is 2.41. The van der Waals surface area contributed by atoms with Crippen LogP contribution in [0.25, 0.3) is 0 Å². The van der Waals surface area contributed by atoms with Crippen LogP contribution in [0.3, 0.4) is 0 Å². The zero-order valence-electron chi connectivity index (χ0n) is 13.7. The smallest absolute Gasteiger partial charge is 0.417 e. The van der Waals surface area contributed by atoms with Gasteiger partial charge < -0.3 is 4.74 Å². The number of ether oxygens (including phenoxy) is 1. The minimum absolute atomic E-state index is 0.178. The largest absolute Gasteiger partial charge is 0.447 e. The fourth-order valence-electron chi connectivity index (χ4n) is 2.84. The SMILES string of the molecule is CCCCC(C(C)=O)C(=O)N1C(=O)OCC1Cc1ccccc1. The topological polar surface area (TPSA) is 63.7 Å². The number of amides is 2. The van der Waals surface area contributed by atoms with Crippen molar-refractivity contribution in [1.29, 1.82) is 0 Å². The van der Waals surface area contributed by atoms with Gasteiger partial charge in [0.25, 0.3) is 0 Å². The number of rotatable bonds is 7. The van der Waals surface area contributed by atoms with Gasteiger partial charge in [0, 0.05) is 0 Å². The normalized spacial score (nSPS) is 18.6. The monoisotopic (exact) mass is 317 g/mol. The van der Waals surface area contributed by atoms with E-state index in [0.29, 0.717) is 12.8 Å². The van der Waals surface area contributed by atoms with Crippen LogP contribution in [0.2, 0.25) is 0 Å². The number of nitrogens with zero attached hydrogens (tertiary/aromatic N) is 1. The molecule has 1 aromatic carbocycles. The molecule has 2 amide bonds.